The van der Waals surface area contributed by atoms with E-state index in [2.05, 4.69) is 25.3 Å². The molecule has 0 spiro atoms. The molecule has 3 heterocycles. The molecule has 2 aliphatic rings. The van der Waals surface area contributed by atoms with E-state index in [1.165, 1.54) is 0 Å². The Kier molecular flexibility index (Phi) is 9.66. The van der Waals surface area contributed by atoms with E-state index in [-0.39, 0.29) is 30.7 Å². The van der Waals surface area contributed by atoms with Gasteiger partial charge in [0.15, 0.2) is 5.82 Å². The molecule has 2 aliphatic heterocycles. The average Bonchev–Trinajstić information content (AvgIpc) is 2.99. The van der Waals surface area contributed by atoms with E-state index < -0.39 is 0 Å². The second kappa shape index (κ2) is 10.9. The lowest BCUT2D eigenvalue weighted by Crippen LogP contribution is -2.49. The summed E-state index contributed by atoms with van der Waals surface area (Å²) in [7, 11) is 0. The Morgan fingerprint density at radius 1 is 1.08 bits per heavy atom. The molecule has 0 aromatic carbocycles. The molecule has 0 bridgehead atoms. The summed E-state index contributed by atoms with van der Waals surface area (Å²) in [4.78, 5) is 23.1. The zero-order valence-corrected chi connectivity index (χ0v) is 16.3. The number of aryl methyl sites for hydroxylation is 1. The monoisotopic (exact) mass is 394 g/mol. The Morgan fingerprint density at radius 2 is 1.72 bits per heavy atom. The molecule has 0 atom stereocenters. The minimum absolute atomic E-state index is 0. The fourth-order valence-corrected chi connectivity index (χ4v) is 3.10. The zero-order valence-electron chi connectivity index (χ0n) is 14.6. The van der Waals surface area contributed by atoms with Crippen LogP contribution in [0.5, 0.6) is 0 Å². The van der Waals surface area contributed by atoms with Crippen molar-refractivity contribution in [1.82, 2.24) is 30.2 Å². The predicted octanol–water partition coefficient (Wildman–Crippen LogP) is 0.161. The van der Waals surface area contributed by atoms with Crippen LogP contribution in [-0.2, 0) is 11.3 Å². The Bertz CT molecular complexity index is 516. The van der Waals surface area contributed by atoms with Crippen molar-refractivity contribution in [1.29, 1.82) is 0 Å². The molecule has 1 aromatic rings. The van der Waals surface area contributed by atoms with Gasteiger partial charge in [-0.2, -0.15) is 4.98 Å². The lowest BCUT2D eigenvalue weighted by atomic mass is 10.2. The summed E-state index contributed by atoms with van der Waals surface area (Å²) >= 11 is 0. The van der Waals surface area contributed by atoms with E-state index in [9.17, 15) is 4.79 Å². The van der Waals surface area contributed by atoms with Crippen molar-refractivity contribution in [3.63, 3.8) is 0 Å². The van der Waals surface area contributed by atoms with Gasteiger partial charge in [-0.05, 0) is 0 Å². The number of carbonyl (C=O) groups excluding carboxylic acids is 1. The van der Waals surface area contributed by atoms with Crippen LogP contribution in [0.4, 0.5) is 0 Å². The van der Waals surface area contributed by atoms with Crippen LogP contribution in [0, 0.1) is 6.92 Å². The van der Waals surface area contributed by atoms with Crippen molar-refractivity contribution in [3.8, 4) is 0 Å². The van der Waals surface area contributed by atoms with E-state index in [0.29, 0.717) is 12.3 Å². The third kappa shape index (κ3) is 6.71. The molecule has 0 radical (unpaired) electrons. The fourth-order valence-electron chi connectivity index (χ4n) is 3.10. The van der Waals surface area contributed by atoms with Crippen molar-refractivity contribution < 1.29 is 9.32 Å². The molecular weight excluding hydrogens is 367 g/mol. The van der Waals surface area contributed by atoms with E-state index in [0.717, 1.165) is 71.3 Å². The molecule has 2 saturated heterocycles. The Hall–Kier alpha value is -0.930. The highest BCUT2D eigenvalue weighted by atomic mass is 35.5. The van der Waals surface area contributed by atoms with Gasteiger partial charge in [-0.25, -0.2) is 0 Å². The molecule has 3 rings (SSSR count). The van der Waals surface area contributed by atoms with E-state index in [1.807, 2.05) is 11.8 Å². The Labute approximate surface area is 161 Å². The number of nitrogens with one attached hydrogen (secondary N) is 1. The van der Waals surface area contributed by atoms with Crippen LogP contribution in [0.3, 0.4) is 0 Å². The molecule has 0 aliphatic carbocycles. The topological polar surface area (TPSA) is 77.7 Å². The summed E-state index contributed by atoms with van der Waals surface area (Å²) in [6.45, 7) is 10.9. The summed E-state index contributed by atoms with van der Waals surface area (Å²) in [6.07, 6.45) is 0.629. The number of aromatic nitrogens is 2. The standard InChI is InChI=1S/C15H26N6O2.2ClH/c1-13-17-14(18-23-13)12-20-10-8-19(9-11-20)5-2-15(22)21-6-3-16-4-7-21;;/h16H,2-12H2,1H3;2*1H. The molecule has 1 aromatic heterocycles. The molecule has 1 amide bonds. The SMILES string of the molecule is Cc1nc(CN2CCN(CCC(=O)N3CCNCC3)CC2)no1.Cl.Cl. The second-order valence-corrected chi connectivity index (χ2v) is 6.23. The van der Waals surface area contributed by atoms with Crippen LogP contribution in [0.25, 0.3) is 0 Å². The maximum atomic E-state index is 12.2. The van der Waals surface area contributed by atoms with E-state index in [1.54, 1.807) is 0 Å². The predicted molar refractivity (Wildman–Crippen MR) is 99.3 cm³/mol. The highest BCUT2D eigenvalue weighted by Gasteiger charge is 2.21. The molecule has 25 heavy (non-hydrogen) atoms. The smallest absolute Gasteiger partial charge is 0.223 e. The van der Waals surface area contributed by atoms with Crippen molar-refractivity contribution in [2.24, 2.45) is 0 Å². The quantitative estimate of drug-likeness (QED) is 0.761. The first-order valence-electron chi connectivity index (χ1n) is 8.43. The van der Waals surface area contributed by atoms with Crippen LogP contribution >= 0.6 is 24.8 Å². The van der Waals surface area contributed by atoms with Gasteiger partial charge in [-0.3, -0.25) is 9.69 Å². The maximum Gasteiger partial charge on any atom is 0.223 e. The summed E-state index contributed by atoms with van der Waals surface area (Å²) in [6, 6.07) is 0. The molecule has 1 N–H and O–H groups in total. The maximum absolute atomic E-state index is 12.2. The number of amides is 1. The number of piperazine rings is 2. The average molecular weight is 395 g/mol. The first-order valence-corrected chi connectivity index (χ1v) is 8.43. The molecular formula is C15H28Cl2N6O2. The minimum atomic E-state index is 0. The minimum Gasteiger partial charge on any atom is -0.340 e. The first-order chi connectivity index (χ1) is 11.2. The summed E-state index contributed by atoms with van der Waals surface area (Å²) in [5, 5.41) is 7.22. The largest absolute Gasteiger partial charge is 0.340 e. The van der Waals surface area contributed by atoms with Crippen LogP contribution < -0.4 is 5.32 Å². The number of carbonyl (C=O) groups is 1. The molecule has 144 valence electrons. The number of rotatable bonds is 5. The van der Waals surface area contributed by atoms with Crippen molar-refractivity contribution in [2.45, 2.75) is 19.9 Å². The van der Waals surface area contributed by atoms with Gasteiger partial charge in [0, 0.05) is 72.2 Å². The lowest BCUT2D eigenvalue weighted by molar-refractivity contribution is -0.132. The molecule has 8 nitrogen and oxygen atoms in total. The van der Waals surface area contributed by atoms with Crippen molar-refractivity contribution >= 4 is 30.7 Å². The van der Waals surface area contributed by atoms with Crippen molar-refractivity contribution in [3.05, 3.63) is 11.7 Å². The van der Waals surface area contributed by atoms with Crippen LogP contribution in [0.15, 0.2) is 4.52 Å². The van der Waals surface area contributed by atoms with Crippen molar-refractivity contribution in [2.75, 3.05) is 58.9 Å². The van der Waals surface area contributed by atoms with Gasteiger partial charge < -0.3 is 19.6 Å². The normalized spacial score (nSPS) is 19.2. The molecule has 10 heteroatoms. The van der Waals surface area contributed by atoms with Gasteiger partial charge in [0.2, 0.25) is 11.8 Å². The summed E-state index contributed by atoms with van der Waals surface area (Å²) < 4.78 is 5.00. The lowest BCUT2D eigenvalue weighted by Gasteiger charge is -2.34. The third-order valence-electron chi connectivity index (χ3n) is 4.51. The zero-order chi connectivity index (χ0) is 16.1. The Morgan fingerprint density at radius 3 is 2.32 bits per heavy atom. The van der Waals surface area contributed by atoms with Gasteiger partial charge in [-0.1, -0.05) is 5.16 Å². The Balaban J connectivity index is 0.00000156. The van der Waals surface area contributed by atoms with Gasteiger partial charge in [-0.15, -0.1) is 24.8 Å². The van der Waals surface area contributed by atoms with Gasteiger partial charge in [0.05, 0.1) is 6.54 Å². The highest BCUT2D eigenvalue weighted by Crippen LogP contribution is 2.07. The number of halogens is 2. The van der Waals surface area contributed by atoms with E-state index in [4.69, 9.17) is 4.52 Å². The van der Waals surface area contributed by atoms with Gasteiger partial charge in [0.25, 0.3) is 0 Å². The summed E-state index contributed by atoms with van der Waals surface area (Å²) in [5.41, 5.74) is 0. The molecule has 2 fully saturated rings. The van der Waals surface area contributed by atoms with Gasteiger partial charge >= 0.3 is 0 Å². The second-order valence-electron chi connectivity index (χ2n) is 6.23. The van der Waals surface area contributed by atoms with Crippen LogP contribution in [0.2, 0.25) is 0 Å². The van der Waals surface area contributed by atoms with Gasteiger partial charge in [0.1, 0.15) is 0 Å². The van der Waals surface area contributed by atoms with Crippen LogP contribution in [-0.4, -0.2) is 89.7 Å². The fraction of sp³-hybridized carbons (Fsp3) is 0.800. The summed E-state index contributed by atoms with van der Waals surface area (Å²) in [5.74, 6) is 1.66. The number of nitrogens with zero attached hydrogens (tertiary/aromatic N) is 5. The number of hydrogen-bond donors (Lipinski definition) is 1. The highest BCUT2D eigenvalue weighted by molar-refractivity contribution is 5.85. The van der Waals surface area contributed by atoms with E-state index >= 15 is 0 Å². The molecule has 0 saturated carbocycles. The van der Waals surface area contributed by atoms with Crippen LogP contribution in [0.1, 0.15) is 18.1 Å². The molecule has 0 unspecified atom stereocenters. The number of hydrogen-bond acceptors (Lipinski definition) is 7. The third-order valence-corrected chi connectivity index (χ3v) is 4.51. The first kappa shape index (κ1) is 22.1.